The van der Waals surface area contributed by atoms with Gasteiger partial charge in [0, 0.05) is 23.5 Å². The van der Waals surface area contributed by atoms with Gasteiger partial charge in [-0.25, -0.2) is 4.98 Å². The van der Waals surface area contributed by atoms with Gasteiger partial charge in [0.2, 0.25) is 0 Å². The number of nitrogens with one attached hydrogen (secondary N) is 1. The van der Waals surface area contributed by atoms with Gasteiger partial charge in [0.05, 0.1) is 5.01 Å². The van der Waals surface area contributed by atoms with E-state index in [1.165, 1.54) is 5.01 Å². The maximum atomic E-state index is 4.46. The highest BCUT2D eigenvalue weighted by atomic mass is 32.1. The molecule has 0 saturated carbocycles. The first-order chi connectivity index (χ1) is 6.76. The van der Waals surface area contributed by atoms with E-state index < -0.39 is 0 Å². The summed E-state index contributed by atoms with van der Waals surface area (Å²) in [6.07, 6.45) is 5.20. The molecule has 0 amide bonds. The molecule has 2 nitrogen and oxygen atoms in total. The molecule has 0 aliphatic rings. The van der Waals surface area contributed by atoms with Crippen LogP contribution in [0.5, 0.6) is 0 Å². The lowest BCUT2D eigenvalue weighted by atomic mass is 10.1. The first-order valence-electron chi connectivity index (χ1n) is 4.95. The van der Waals surface area contributed by atoms with Crippen molar-refractivity contribution in [2.75, 3.05) is 7.05 Å². The Morgan fingerprint density at radius 3 is 3.00 bits per heavy atom. The highest BCUT2D eigenvalue weighted by Crippen LogP contribution is 2.13. The summed E-state index contributed by atoms with van der Waals surface area (Å²) in [5.41, 5.74) is 1.13. The SMILES string of the molecule is C=CCCC(Cc1nc(C)cs1)NC. The summed E-state index contributed by atoms with van der Waals surface area (Å²) in [5, 5.41) is 6.65. The van der Waals surface area contributed by atoms with E-state index in [1.54, 1.807) is 11.3 Å². The number of hydrogen-bond donors (Lipinski definition) is 1. The number of nitrogens with zero attached hydrogens (tertiary/aromatic N) is 1. The van der Waals surface area contributed by atoms with E-state index in [0.717, 1.165) is 25.0 Å². The molecule has 1 atom stereocenters. The zero-order valence-corrected chi connectivity index (χ0v) is 9.73. The molecule has 1 aromatic rings. The minimum atomic E-state index is 0.526. The summed E-state index contributed by atoms with van der Waals surface area (Å²) in [5.74, 6) is 0. The third-order valence-electron chi connectivity index (χ3n) is 2.22. The van der Waals surface area contributed by atoms with E-state index in [2.05, 4.69) is 22.3 Å². The molecule has 1 aromatic heterocycles. The molecule has 14 heavy (non-hydrogen) atoms. The van der Waals surface area contributed by atoms with Crippen molar-refractivity contribution in [1.29, 1.82) is 0 Å². The molecule has 78 valence electrons. The molecule has 0 fully saturated rings. The maximum absolute atomic E-state index is 4.46. The summed E-state index contributed by atoms with van der Waals surface area (Å²) in [6.45, 7) is 5.78. The Labute approximate surface area is 90.1 Å². The van der Waals surface area contributed by atoms with Crippen LogP contribution in [-0.2, 0) is 6.42 Å². The lowest BCUT2D eigenvalue weighted by molar-refractivity contribution is 0.523. The zero-order chi connectivity index (χ0) is 10.4. The molecule has 1 N–H and O–H groups in total. The number of thiazole rings is 1. The van der Waals surface area contributed by atoms with Crippen molar-refractivity contribution in [3.8, 4) is 0 Å². The average Bonchev–Trinajstić information content (AvgIpc) is 2.58. The quantitative estimate of drug-likeness (QED) is 0.730. The van der Waals surface area contributed by atoms with E-state index in [9.17, 15) is 0 Å². The topological polar surface area (TPSA) is 24.9 Å². The number of allylic oxidation sites excluding steroid dienone is 1. The maximum Gasteiger partial charge on any atom is 0.0943 e. The number of rotatable bonds is 6. The molecule has 0 bridgehead atoms. The molecule has 0 radical (unpaired) electrons. The monoisotopic (exact) mass is 210 g/mol. The summed E-state index contributed by atoms with van der Waals surface area (Å²) in [4.78, 5) is 4.46. The largest absolute Gasteiger partial charge is 0.317 e. The fourth-order valence-corrected chi connectivity index (χ4v) is 2.23. The van der Waals surface area contributed by atoms with Crippen LogP contribution < -0.4 is 5.32 Å². The highest BCUT2D eigenvalue weighted by Gasteiger charge is 2.08. The first-order valence-corrected chi connectivity index (χ1v) is 5.83. The minimum absolute atomic E-state index is 0.526. The second-order valence-corrected chi connectivity index (χ2v) is 4.38. The van der Waals surface area contributed by atoms with Gasteiger partial charge >= 0.3 is 0 Å². The van der Waals surface area contributed by atoms with E-state index >= 15 is 0 Å². The molecule has 3 heteroatoms. The van der Waals surface area contributed by atoms with Gasteiger partial charge < -0.3 is 5.32 Å². The first kappa shape index (κ1) is 11.4. The van der Waals surface area contributed by atoms with Crippen LogP contribution in [0.25, 0.3) is 0 Å². The predicted molar refractivity (Wildman–Crippen MR) is 62.8 cm³/mol. The molecule has 0 aliphatic carbocycles. The van der Waals surface area contributed by atoms with E-state index in [0.29, 0.717) is 6.04 Å². The summed E-state index contributed by atoms with van der Waals surface area (Å²) >= 11 is 1.75. The van der Waals surface area contributed by atoms with Crippen LogP contribution in [-0.4, -0.2) is 18.1 Å². The average molecular weight is 210 g/mol. The van der Waals surface area contributed by atoms with Gasteiger partial charge in [-0.3, -0.25) is 0 Å². The Morgan fingerprint density at radius 2 is 2.50 bits per heavy atom. The molecule has 0 saturated heterocycles. The summed E-state index contributed by atoms with van der Waals surface area (Å²) in [7, 11) is 2.01. The molecule has 0 aromatic carbocycles. The van der Waals surface area contributed by atoms with Crippen LogP contribution in [0.4, 0.5) is 0 Å². The highest BCUT2D eigenvalue weighted by molar-refractivity contribution is 7.09. The summed E-state index contributed by atoms with van der Waals surface area (Å²) < 4.78 is 0. The van der Waals surface area contributed by atoms with Crippen molar-refractivity contribution in [1.82, 2.24) is 10.3 Å². The second kappa shape index (κ2) is 5.94. The van der Waals surface area contributed by atoms with Crippen LogP contribution in [0.1, 0.15) is 23.5 Å². The number of hydrogen-bond acceptors (Lipinski definition) is 3. The van der Waals surface area contributed by atoms with Gasteiger partial charge in [0.25, 0.3) is 0 Å². The van der Waals surface area contributed by atoms with Crippen LogP contribution in [0.2, 0.25) is 0 Å². The third-order valence-corrected chi connectivity index (χ3v) is 3.20. The van der Waals surface area contributed by atoms with Gasteiger partial charge in [0.15, 0.2) is 0 Å². The van der Waals surface area contributed by atoms with E-state index in [-0.39, 0.29) is 0 Å². The van der Waals surface area contributed by atoms with Crippen LogP contribution >= 0.6 is 11.3 Å². The van der Waals surface area contributed by atoms with Gasteiger partial charge in [-0.1, -0.05) is 6.08 Å². The molecule has 1 heterocycles. The Balaban J connectivity index is 2.43. The van der Waals surface area contributed by atoms with Crippen molar-refractivity contribution in [2.24, 2.45) is 0 Å². The minimum Gasteiger partial charge on any atom is -0.317 e. The molecule has 1 unspecified atom stereocenters. The normalized spacial score (nSPS) is 12.7. The Bertz CT molecular complexity index is 281. The van der Waals surface area contributed by atoms with Crippen molar-refractivity contribution >= 4 is 11.3 Å². The zero-order valence-electron chi connectivity index (χ0n) is 8.92. The van der Waals surface area contributed by atoms with E-state index in [4.69, 9.17) is 0 Å². The van der Waals surface area contributed by atoms with Crippen molar-refractivity contribution in [2.45, 2.75) is 32.2 Å². The van der Waals surface area contributed by atoms with Gasteiger partial charge in [-0.15, -0.1) is 17.9 Å². The Kier molecular flexibility index (Phi) is 4.84. The molecule has 0 spiro atoms. The predicted octanol–water partition coefficient (Wildman–Crippen LogP) is 2.55. The molecular formula is C11H18N2S. The Morgan fingerprint density at radius 1 is 1.71 bits per heavy atom. The molecular weight excluding hydrogens is 192 g/mol. The summed E-state index contributed by atoms with van der Waals surface area (Å²) in [6, 6.07) is 0.526. The standard InChI is InChI=1S/C11H18N2S/c1-4-5-6-10(12-3)7-11-13-9(2)8-14-11/h4,8,10,12H,1,5-7H2,2-3H3. The van der Waals surface area contributed by atoms with Gasteiger partial charge in [-0.05, 0) is 26.8 Å². The van der Waals surface area contributed by atoms with Crippen LogP contribution in [0.3, 0.4) is 0 Å². The number of aryl methyl sites for hydroxylation is 1. The fraction of sp³-hybridized carbons (Fsp3) is 0.545. The lowest BCUT2D eigenvalue weighted by Gasteiger charge is -2.12. The van der Waals surface area contributed by atoms with Crippen LogP contribution in [0.15, 0.2) is 18.0 Å². The molecule has 0 aliphatic heterocycles. The van der Waals surface area contributed by atoms with Crippen molar-refractivity contribution in [3.05, 3.63) is 28.7 Å². The second-order valence-electron chi connectivity index (χ2n) is 3.44. The number of likely N-dealkylation sites (N-methyl/N-ethyl adjacent to an activating group) is 1. The van der Waals surface area contributed by atoms with Crippen LogP contribution in [0, 0.1) is 6.92 Å². The Hall–Kier alpha value is -0.670. The van der Waals surface area contributed by atoms with Crippen molar-refractivity contribution in [3.63, 3.8) is 0 Å². The van der Waals surface area contributed by atoms with Crippen molar-refractivity contribution < 1.29 is 0 Å². The number of aromatic nitrogens is 1. The smallest absolute Gasteiger partial charge is 0.0943 e. The van der Waals surface area contributed by atoms with E-state index in [1.807, 2.05) is 20.0 Å². The fourth-order valence-electron chi connectivity index (χ4n) is 1.37. The van der Waals surface area contributed by atoms with Gasteiger partial charge in [-0.2, -0.15) is 0 Å². The van der Waals surface area contributed by atoms with Gasteiger partial charge in [0.1, 0.15) is 0 Å². The molecule has 1 rings (SSSR count). The lowest BCUT2D eigenvalue weighted by Crippen LogP contribution is -2.27. The third kappa shape index (κ3) is 3.60.